The van der Waals surface area contributed by atoms with E-state index in [4.69, 9.17) is 21.1 Å². The van der Waals surface area contributed by atoms with E-state index in [0.717, 1.165) is 6.26 Å². The summed E-state index contributed by atoms with van der Waals surface area (Å²) in [6.45, 7) is 0. The van der Waals surface area contributed by atoms with Crippen molar-refractivity contribution in [3.8, 4) is 5.75 Å². The summed E-state index contributed by atoms with van der Waals surface area (Å²) in [5.74, 6) is -0.255. The van der Waals surface area contributed by atoms with Gasteiger partial charge in [0.15, 0.2) is 0 Å². The first kappa shape index (κ1) is 13.9. The summed E-state index contributed by atoms with van der Waals surface area (Å²) in [6, 6.07) is 4.92. The molecule has 0 saturated carbocycles. The Morgan fingerprint density at radius 2 is 2.12 bits per heavy atom. The quantitative estimate of drug-likeness (QED) is 0.485. The zero-order chi connectivity index (χ0) is 12.8. The molecule has 0 aliphatic heterocycles. The molecule has 0 aliphatic carbocycles. The summed E-state index contributed by atoms with van der Waals surface area (Å²) >= 11 is 9.06. The van der Waals surface area contributed by atoms with Gasteiger partial charge in [0, 0.05) is 5.02 Å². The lowest BCUT2D eigenvalue weighted by atomic mass is 10.3. The SMILES string of the molecule is CO/C=C(/Oc1ccc(Cl)cc1Br)C(=O)OC. The lowest BCUT2D eigenvalue weighted by Gasteiger charge is -2.09. The average molecular weight is 322 g/mol. The van der Waals surface area contributed by atoms with Crippen LogP contribution in [-0.2, 0) is 14.3 Å². The highest BCUT2D eigenvalue weighted by Gasteiger charge is 2.14. The molecule has 0 heterocycles. The summed E-state index contributed by atoms with van der Waals surface area (Å²) in [7, 11) is 2.66. The van der Waals surface area contributed by atoms with Gasteiger partial charge in [-0.05, 0) is 34.1 Å². The highest BCUT2D eigenvalue weighted by Crippen LogP contribution is 2.29. The van der Waals surface area contributed by atoms with Crippen molar-refractivity contribution >= 4 is 33.5 Å². The number of carbonyl (C=O) groups is 1. The van der Waals surface area contributed by atoms with Gasteiger partial charge >= 0.3 is 5.97 Å². The first-order chi connectivity index (χ1) is 8.08. The number of esters is 1. The van der Waals surface area contributed by atoms with Gasteiger partial charge < -0.3 is 14.2 Å². The highest BCUT2D eigenvalue weighted by atomic mass is 79.9. The van der Waals surface area contributed by atoms with Crippen molar-refractivity contribution in [2.75, 3.05) is 14.2 Å². The molecule has 1 aromatic carbocycles. The monoisotopic (exact) mass is 320 g/mol. The molecular weight excluding hydrogens is 311 g/mol. The maximum Gasteiger partial charge on any atom is 0.377 e. The molecule has 0 radical (unpaired) electrons. The minimum Gasteiger partial charge on any atom is -0.500 e. The van der Waals surface area contributed by atoms with E-state index in [1.807, 2.05) is 0 Å². The van der Waals surface area contributed by atoms with Crippen LogP contribution in [0.3, 0.4) is 0 Å². The van der Waals surface area contributed by atoms with Gasteiger partial charge in [0.2, 0.25) is 5.76 Å². The smallest absolute Gasteiger partial charge is 0.377 e. The van der Waals surface area contributed by atoms with Crippen LogP contribution < -0.4 is 4.74 Å². The van der Waals surface area contributed by atoms with Crippen molar-refractivity contribution in [1.29, 1.82) is 0 Å². The topological polar surface area (TPSA) is 44.8 Å². The predicted octanol–water partition coefficient (Wildman–Crippen LogP) is 3.14. The molecule has 1 rings (SSSR count). The molecule has 0 amide bonds. The van der Waals surface area contributed by atoms with Gasteiger partial charge in [-0.3, -0.25) is 0 Å². The molecule has 1 aromatic rings. The van der Waals surface area contributed by atoms with Crippen molar-refractivity contribution < 1.29 is 19.0 Å². The van der Waals surface area contributed by atoms with Gasteiger partial charge in [-0.25, -0.2) is 4.79 Å². The van der Waals surface area contributed by atoms with Crippen LogP contribution in [0.5, 0.6) is 5.75 Å². The highest BCUT2D eigenvalue weighted by molar-refractivity contribution is 9.10. The molecule has 0 unspecified atom stereocenters. The molecule has 0 fully saturated rings. The fourth-order valence-electron chi connectivity index (χ4n) is 0.998. The van der Waals surface area contributed by atoms with E-state index in [-0.39, 0.29) is 5.76 Å². The Morgan fingerprint density at radius 1 is 1.41 bits per heavy atom. The normalized spacial score (nSPS) is 10.9. The third kappa shape index (κ3) is 3.94. The minimum absolute atomic E-state index is 0.0574. The van der Waals surface area contributed by atoms with Gasteiger partial charge in [0.05, 0.1) is 18.7 Å². The Hall–Kier alpha value is -1.20. The number of carbonyl (C=O) groups excluding carboxylic acids is 1. The Bertz CT molecular complexity index is 445. The molecule has 0 saturated heterocycles. The summed E-state index contributed by atoms with van der Waals surface area (Å²) in [6.07, 6.45) is 1.16. The zero-order valence-corrected chi connectivity index (χ0v) is 11.5. The van der Waals surface area contributed by atoms with E-state index in [9.17, 15) is 4.79 Å². The Morgan fingerprint density at radius 3 is 2.65 bits per heavy atom. The Balaban J connectivity index is 2.94. The van der Waals surface area contributed by atoms with Gasteiger partial charge in [0.25, 0.3) is 0 Å². The Kier molecular flexibility index (Phi) is 5.31. The lowest BCUT2D eigenvalue weighted by molar-refractivity contribution is -0.138. The van der Waals surface area contributed by atoms with Gasteiger partial charge in [-0.2, -0.15) is 0 Å². The van der Waals surface area contributed by atoms with Gasteiger partial charge in [-0.15, -0.1) is 0 Å². The number of rotatable bonds is 4. The van der Waals surface area contributed by atoms with Crippen LogP contribution in [-0.4, -0.2) is 20.2 Å². The molecule has 4 nitrogen and oxygen atoms in total. The molecule has 0 aromatic heterocycles. The van der Waals surface area contributed by atoms with E-state index < -0.39 is 5.97 Å². The van der Waals surface area contributed by atoms with Crippen molar-refractivity contribution in [3.63, 3.8) is 0 Å². The number of ether oxygens (including phenoxy) is 3. The van der Waals surface area contributed by atoms with Crippen molar-refractivity contribution in [3.05, 3.63) is 39.7 Å². The van der Waals surface area contributed by atoms with E-state index >= 15 is 0 Å². The fourth-order valence-corrected chi connectivity index (χ4v) is 1.76. The average Bonchev–Trinajstić information content (AvgIpc) is 2.30. The summed E-state index contributed by atoms with van der Waals surface area (Å²) < 4.78 is 15.3. The number of methoxy groups -OCH3 is 2. The lowest BCUT2D eigenvalue weighted by Crippen LogP contribution is -2.11. The van der Waals surface area contributed by atoms with E-state index in [2.05, 4.69) is 20.7 Å². The van der Waals surface area contributed by atoms with E-state index in [1.165, 1.54) is 14.2 Å². The van der Waals surface area contributed by atoms with Crippen molar-refractivity contribution in [2.24, 2.45) is 0 Å². The maximum absolute atomic E-state index is 11.3. The molecule has 0 N–H and O–H groups in total. The second kappa shape index (κ2) is 6.51. The molecule has 0 spiro atoms. The zero-order valence-electron chi connectivity index (χ0n) is 9.20. The summed E-state index contributed by atoms with van der Waals surface area (Å²) in [5, 5.41) is 0.555. The molecule has 0 bridgehead atoms. The largest absolute Gasteiger partial charge is 0.500 e. The summed E-state index contributed by atoms with van der Waals surface area (Å²) in [5.41, 5.74) is 0. The summed E-state index contributed by atoms with van der Waals surface area (Å²) in [4.78, 5) is 11.3. The third-order valence-corrected chi connectivity index (χ3v) is 2.58. The number of benzene rings is 1. The van der Waals surface area contributed by atoms with Crippen LogP contribution in [0.15, 0.2) is 34.7 Å². The number of hydrogen-bond donors (Lipinski definition) is 0. The molecule has 92 valence electrons. The Labute approximate surface area is 112 Å². The number of hydrogen-bond acceptors (Lipinski definition) is 4. The first-order valence-corrected chi connectivity index (χ1v) is 5.69. The van der Waals surface area contributed by atoms with Crippen LogP contribution in [0.1, 0.15) is 0 Å². The first-order valence-electron chi connectivity index (χ1n) is 4.52. The standard InChI is InChI=1S/C11H10BrClO4/c1-15-6-10(11(14)16-2)17-9-4-3-7(13)5-8(9)12/h3-6H,1-2H3/b10-6+. The van der Waals surface area contributed by atoms with Crippen LogP contribution in [0, 0.1) is 0 Å². The van der Waals surface area contributed by atoms with Gasteiger partial charge in [0.1, 0.15) is 12.0 Å². The van der Waals surface area contributed by atoms with Crippen LogP contribution in [0.2, 0.25) is 5.02 Å². The van der Waals surface area contributed by atoms with Crippen LogP contribution >= 0.6 is 27.5 Å². The predicted molar refractivity (Wildman–Crippen MR) is 66.9 cm³/mol. The third-order valence-electron chi connectivity index (χ3n) is 1.73. The molecule has 0 aliphatic rings. The second-order valence-corrected chi connectivity index (χ2v) is 4.18. The van der Waals surface area contributed by atoms with Crippen LogP contribution in [0.4, 0.5) is 0 Å². The second-order valence-electron chi connectivity index (χ2n) is 2.89. The maximum atomic E-state index is 11.3. The number of halogens is 2. The molecule has 17 heavy (non-hydrogen) atoms. The molecular formula is C11H10BrClO4. The molecule has 0 atom stereocenters. The van der Waals surface area contributed by atoms with E-state index in [0.29, 0.717) is 15.2 Å². The minimum atomic E-state index is -0.631. The van der Waals surface area contributed by atoms with E-state index in [1.54, 1.807) is 18.2 Å². The van der Waals surface area contributed by atoms with Crippen LogP contribution in [0.25, 0.3) is 0 Å². The van der Waals surface area contributed by atoms with Crippen molar-refractivity contribution in [2.45, 2.75) is 0 Å². The fraction of sp³-hybridized carbons (Fsp3) is 0.182. The van der Waals surface area contributed by atoms with Gasteiger partial charge in [-0.1, -0.05) is 11.6 Å². The molecule has 6 heteroatoms. The van der Waals surface area contributed by atoms with Crippen molar-refractivity contribution in [1.82, 2.24) is 0 Å².